The number of aliphatic hydroxyl groups is 1. The molecule has 6 heteroatoms. The molecule has 0 radical (unpaired) electrons. The molecule has 1 aliphatic heterocycles. The molecule has 0 unspecified atom stereocenters. The summed E-state index contributed by atoms with van der Waals surface area (Å²) < 4.78 is 5.40. The van der Waals surface area contributed by atoms with Crippen LogP contribution in [0.25, 0.3) is 0 Å². The van der Waals surface area contributed by atoms with Gasteiger partial charge in [-0.1, -0.05) is 31.4 Å². The summed E-state index contributed by atoms with van der Waals surface area (Å²) in [6.45, 7) is 4.23. The minimum atomic E-state index is -0.877. The van der Waals surface area contributed by atoms with E-state index in [4.69, 9.17) is 4.74 Å². The monoisotopic (exact) mass is 422 g/mol. The third-order valence-electron chi connectivity index (χ3n) is 6.79. The lowest BCUT2D eigenvalue weighted by Crippen LogP contribution is -2.58. The van der Waals surface area contributed by atoms with Crippen LogP contribution in [0.15, 0.2) is 30.3 Å². The standard InChI is InChI=1S/C25H30N2O4/c1-16-7-8-19(13-22(16)31-3)26-24(30)25(9-5-4-6-10-25)27-14-21-17(2)11-18(15-28)12-20(21)23(27)29/h7-8,11-13,28H,4-6,9-10,14-15H2,1-3H3,(H,26,30). The van der Waals surface area contributed by atoms with Gasteiger partial charge in [0.2, 0.25) is 5.91 Å². The first-order valence-electron chi connectivity index (χ1n) is 10.9. The Morgan fingerprint density at radius 1 is 1.13 bits per heavy atom. The molecule has 0 bridgehead atoms. The van der Waals surface area contributed by atoms with Gasteiger partial charge in [-0.25, -0.2) is 0 Å². The number of aryl methyl sites for hydroxylation is 2. The smallest absolute Gasteiger partial charge is 0.255 e. The molecule has 4 rings (SSSR count). The minimum absolute atomic E-state index is 0.109. The third-order valence-corrected chi connectivity index (χ3v) is 6.79. The molecule has 0 spiro atoms. The number of aliphatic hydroxyl groups excluding tert-OH is 1. The second-order valence-electron chi connectivity index (χ2n) is 8.72. The Balaban J connectivity index is 1.68. The molecule has 0 atom stereocenters. The van der Waals surface area contributed by atoms with Crippen LogP contribution in [-0.2, 0) is 17.9 Å². The van der Waals surface area contributed by atoms with Crippen molar-refractivity contribution in [2.24, 2.45) is 0 Å². The maximum Gasteiger partial charge on any atom is 0.255 e. The molecule has 1 saturated carbocycles. The molecule has 1 aliphatic carbocycles. The van der Waals surface area contributed by atoms with E-state index in [9.17, 15) is 14.7 Å². The maximum atomic E-state index is 13.7. The van der Waals surface area contributed by atoms with Gasteiger partial charge in [0.25, 0.3) is 5.91 Å². The zero-order chi connectivity index (χ0) is 22.2. The van der Waals surface area contributed by atoms with E-state index in [1.807, 2.05) is 38.1 Å². The third kappa shape index (κ3) is 3.69. The second-order valence-corrected chi connectivity index (χ2v) is 8.72. The summed E-state index contributed by atoms with van der Waals surface area (Å²) in [7, 11) is 1.61. The Kier molecular flexibility index (Phi) is 5.75. The van der Waals surface area contributed by atoms with Crippen LogP contribution in [0.4, 0.5) is 5.69 Å². The number of carbonyl (C=O) groups is 2. The van der Waals surface area contributed by atoms with Crippen LogP contribution >= 0.6 is 0 Å². The second kappa shape index (κ2) is 8.35. The highest BCUT2D eigenvalue weighted by atomic mass is 16.5. The number of anilines is 1. The lowest BCUT2D eigenvalue weighted by Gasteiger charge is -2.43. The predicted molar refractivity (Wildman–Crippen MR) is 119 cm³/mol. The SMILES string of the molecule is COc1cc(NC(=O)C2(N3Cc4c(C)cc(CO)cc4C3=O)CCCCC2)ccc1C. The predicted octanol–water partition coefficient (Wildman–Crippen LogP) is 4.10. The fourth-order valence-corrected chi connectivity index (χ4v) is 5.01. The lowest BCUT2D eigenvalue weighted by atomic mass is 9.79. The van der Waals surface area contributed by atoms with E-state index in [1.165, 1.54) is 0 Å². The van der Waals surface area contributed by atoms with Gasteiger partial charge in [0.1, 0.15) is 11.3 Å². The van der Waals surface area contributed by atoms with Crippen LogP contribution in [0.2, 0.25) is 0 Å². The number of ether oxygens (including phenoxy) is 1. The molecule has 31 heavy (non-hydrogen) atoms. The van der Waals surface area contributed by atoms with Crippen molar-refractivity contribution in [2.45, 2.75) is 64.6 Å². The van der Waals surface area contributed by atoms with Crippen molar-refractivity contribution >= 4 is 17.5 Å². The zero-order valence-electron chi connectivity index (χ0n) is 18.5. The van der Waals surface area contributed by atoms with Crippen molar-refractivity contribution in [1.29, 1.82) is 0 Å². The fraction of sp³-hybridized carbons (Fsp3) is 0.440. The highest BCUT2D eigenvalue weighted by Gasteiger charge is 2.50. The fourth-order valence-electron chi connectivity index (χ4n) is 5.01. The summed E-state index contributed by atoms with van der Waals surface area (Å²) in [4.78, 5) is 28.9. The number of carbonyl (C=O) groups excluding carboxylic acids is 2. The Hall–Kier alpha value is -2.86. The van der Waals surface area contributed by atoms with Crippen molar-refractivity contribution in [3.63, 3.8) is 0 Å². The summed E-state index contributed by atoms with van der Waals surface area (Å²) in [5, 5.41) is 12.6. The van der Waals surface area contributed by atoms with E-state index in [1.54, 1.807) is 18.1 Å². The average Bonchev–Trinajstić information content (AvgIpc) is 3.12. The molecule has 1 fully saturated rings. The quantitative estimate of drug-likeness (QED) is 0.760. The van der Waals surface area contributed by atoms with Crippen LogP contribution < -0.4 is 10.1 Å². The number of fused-ring (bicyclic) bond motifs is 1. The first-order valence-corrected chi connectivity index (χ1v) is 10.9. The van der Waals surface area contributed by atoms with Crippen LogP contribution in [0, 0.1) is 13.8 Å². The van der Waals surface area contributed by atoms with Gasteiger partial charge in [0.15, 0.2) is 0 Å². The number of hydrogen-bond acceptors (Lipinski definition) is 4. The summed E-state index contributed by atoms with van der Waals surface area (Å²) in [6, 6.07) is 9.29. The average molecular weight is 423 g/mol. The van der Waals surface area contributed by atoms with E-state index in [0.717, 1.165) is 41.5 Å². The van der Waals surface area contributed by atoms with Crippen LogP contribution in [0.5, 0.6) is 5.75 Å². The number of methoxy groups -OCH3 is 1. The van der Waals surface area contributed by atoms with Gasteiger partial charge in [0, 0.05) is 23.9 Å². The number of rotatable bonds is 5. The van der Waals surface area contributed by atoms with Crippen LogP contribution in [0.1, 0.15) is 64.7 Å². The Morgan fingerprint density at radius 3 is 2.55 bits per heavy atom. The summed E-state index contributed by atoms with van der Waals surface area (Å²) in [5.41, 5.74) is 4.05. The Bertz CT molecular complexity index is 1020. The van der Waals surface area contributed by atoms with E-state index in [-0.39, 0.29) is 18.4 Å². The first kappa shape index (κ1) is 21.4. The molecular formula is C25H30N2O4. The maximum absolute atomic E-state index is 13.7. The number of benzene rings is 2. The molecule has 0 saturated heterocycles. The van der Waals surface area contributed by atoms with E-state index >= 15 is 0 Å². The molecule has 6 nitrogen and oxygen atoms in total. The van der Waals surface area contributed by atoms with Crippen molar-refractivity contribution in [2.75, 3.05) is 12.4 Å². The van der Waals surface area contributed by atoms with Gasteiger partial charge in [-0.3, -0.25) is 9.59 Å². The van der Waals surface area contributed by atoms with Crippen molar-refractivity contribution in [3.8, 4) is 5.75 Å². The Labute approximate surface area is 183 Å². The van der Waals surface area contributed by atoms with Gasteiger partial charge in [0.05, 0.1) is 13.7 Å². The number of hydrogen-bond donors (Lipinski definition) is 2. The molecule has 164 valence electrons. The van der Waals surface area contributed by atoms with Crippen molar-refractivity contribution in [3.05, 3.63) is 58.1 Å². The van der Waals surface area contributed by atoms with E-state index < -0.39 is 5.54 Å². The molecule has 1 heterocycles. The van der Waals surface area contributed by atoms with Crippen LogP contribution in [0.3, 0.4) is 0 Å². The molecule has 2 aromatic carbocycles. The largest absolute Gasteiger partial charge is 0.496 e. The molecule has 2 aliphatic rings. The topological polar surface area (TPSA) is 78.9 Å². The summed E-state index contributed by atoms with van der Waals surface area (Å²) in [6.07, 6.45) is 4.17. The molecule has 2 aromatic rings. The summed E-state index contributed by atoms with van der Waals surface area (Å²) in [5.74, 6) is 0.457. The van der Waals surface area contributed by atoms with Gasteiger partial charge in [-0.15, -0.1) is 0 Å². The molecule has 2 amide bonds. The molecule has 0 aromatic heterocycles. The zero-order valence-corrected chi connectivity index (χ0v) is 18.5. The normalized spacial score (nSPS) is 17.4. The van der Waals surface area contributed by atoms with E-state index in [0.29, 0.717) is 36.4 Å². The number of nitrogens with zero attached hydrogens (tertiary/aromatic N) is 1. The number of nitrogens with one attached hydrogen (secondary N) is 1. The molecular weight excluding hydrogens is 392 g/mol. The van der Waals surface area contributed by atoms with Crippen molar-refractivity contribution < 1.29 is 19.4 Å². The van der Waals surface area contributed by atoms with Crippen molar-refractivity contribution in [1.82, 2.24) is 4.90 Å². The van der Waals surface area contributed by atoms with E-state index in [2.05, 4.69) is 5.32 Å². The highest BCUT2D eigenvalue weighted by molar-refractivity contribution is 6.06. The number of amides is 2. The van der Waals surface area contributed by atoms with Gasteiger partial charge < -0.3 is 20.1 Å². The van der Waals surface area contributed by atoms with Gasteiger partial charge >= 0.3 is 0 Å². The lowest BCUT2D eigenvalue weighted by molar-refractivity contribution is -0.129. The minimum Gasteiger partial charge on any atom is -0.496 e. The van der Waals surface area contributed by atoms with Gasteiger partial charge in [-0.2, -0.15) is 0 Å². The highest BCUT2D eigenvalue weighted by Crippen LogP contribution is 2.41. The molecule has 2 N–H and O–H groups in total. The van der Waals surface area contributed by atoms with Gasteiger partial charge in [-0.05, 0) is 61.1 Å². The first-order chi connectivity index (χ1) is 14.9. The Morgan fingerprint density at radius 2 is 1.87 bits per heavy atom. The summed E-state index contributed by atoms with van der Waals surface area (Å²) >= 11 is 0. The van der Waals surface area contributed by atoms with Crippen LogP contribution in [-0.4, -0.2) is 34.5 Å².